The van der Waals surface area contributed by atoms with E-state index in [9.17, 15) is 0 Å². The second kappa shape index (κ2) is 6.71. The van der Waals surface area contributed by atoms with Crippen molar-refractivity contribution in [2.45, 2.75) is 40.3 Å². The van der Waals surface area contributed by atoms with Crippen LogP contribution in [0.25, 0.3) is 0 Å². The van der Waals surface area contributed by atoms with Crippen molar-refractivity contribution in [3.8, 4) is 0 Å². The lowest BCUT2D eigenvalue weighted by Crippen LogP contribution is -2.27. The molecule has 0 aliphatic heterocycles. The van der Waals surface area contributed by atoms with Crippen molar-refractivity contribution in [1.82, 2.24) is 4.90 Å². The van der Waals surface area contributed by atoms with Gasteiger partial charge in [-0.1, -0.05) is 27.2 Å². The van der Waals surface area contributed by atoms with E-state index in [4.69, 9.17) is 10.2 Å². The molecule has 1 aromatic heterocycles. The molecule has 0 aliphatic rings. The third kappa shape index (κ3) is 3.99. The number of furan rings is 1. The minimum Gasteiger partial charge on any atom is -0.463 e. The summed E-state index contributed by atoms with van der Waals surface area (Å²) in [6.45, 7) is 10.3. The van der Waals surface area contributed by atoms with Gasteiger partial charge in [0.2, 0.25) is 0 Å². The summed E-state index contributed by atoms with van der Waals surface area (Å²) >= 11 is 0. The topological polar surface area (TPSA) is 42.4 Å². The van der Waals surface area contributed by atoms with Gasteiger partial charge in [0.05, 0.1) is 13.1 Å². The van der Waals surface area contributed by atoms with Crippen LogP contribution in [0.2, 0.25) is 0 Å². The number of rotatable bonds is 7. The highest BCUT2D eigenvalue weighted by Gasteiger charge is 2.10. The molecule has 0 radical (unpaired) electrons. The van der Waals surface area contributed by atoms with Gasteiger partial charge in [0.1, 0.15) is 11.5 Å². The highest BCUT2D eigenvalue weighted by atomic mass is 16.3. The Hall–Kier alpha value is -0.800. The Morgan fingerprint density at radius 2 is 2.00 bits per heavy atom. The SMILES string of the molecule is CCC(C)CN(CC)Cc1ccc(CN)o1. The monoisotopic (exact) mass is 224 g/mol. The first-order valence-corrected chi connectivity index (χ1v) is 6.19. The predicted octanol–water partition coefficient (Wildman–Crippen LogP) is 2.61. The molecular formula is C13H24N2O. The first-order chi connectivity index (χ1) is 7.69. The van der Waals surface area contributed by atoms with E-state index in [0.717, 1.165) is 37.1 Å². The van der Waals surface area contributed by atoms with Crippen molar-refractivity contribution >= 4 is 0 Å². The van der Waals surface area contributed by atoms with Gasteiger partial charge >= 0.3 is 0 Å². The molecule has 1 heterocycles. The van der Waals surface area contributed by atoms with Gasteiger partial charge in [-0.05, 0) is 24.6 Å². The van der Waals surface area contributed by atoms with E-state index >= 15 is 0 Å². The standard InChI is InChI=1S/C13H24N2O/c1-4-11(3)9-15(5-2)10-13-7-6-12(8-14)16-13/h6-7,11H,4-5,8-10,14H2,1-3H3. The number of nitrogens with two attached hydrogens (primary N) is 1. The molecule has 1 rings (SSSR count). The molecule has 0 amide bonds. The summed E-state index contributed by atoms with van der Waals surface area (Å²) < 4.78 is 5.61. The average Bonchev–Trinajstić information content (AvgIpc) is 2.75. The fourth-order valence-electron chi connectivity index (χ4n) is 1.71. The Balaban J connectivity index is 2.49. The van der Waals surface area contributed by atoms with Crippen molar-refractivity contribution in [2.75, 3.05) is 13.1 Å². The molecule has 2 N–H and O–H groups in total. The van der Waals surface area contributed by atoms with E-state index in [0.29, 0.717) is 6.54 Å². The average molecular weight is 224 g/mol. The van der Waals surface area contributed by atoms with Gasteiger partial charge in [0.15, 0.2) is 0 Å². The third-order valence-electron chi connectivity index (χ3n) is 3.01. The molecule has 0 spiro atoms. The third-order valence-corrected chi connectivity index (χ3v) is 3.01. The zero-order valence-electron chi connectivity index (χ0n) is 10.7. The van der Waals surface area contributed by atoms with Gasteiger partial charge in [-0.15, -0.1) is 0 Å². The Morgan fingerprint density at radius 3 is 2.50 bits per heavy atom. The van der Waals surface area contributed by atoms with Crippen LogP contribution >= 0.6 is 0 Å². The van der Waals surface area contributed by atoms with Crippen LogP contribution in [0.5, 0.6) is 0 Å². The summed E-state index contributed by atoms with van der Waals surface area (Å²) in [4.78, 5) is 2.41. The Kier molecular flexibility index (Phi) is 5.56. The van der Waals surface area contributed by atoms with Crippen LogP contribution in [-0.2, 0) is 13.1 Å². The van der Waals surface area contributed by atoms with Crippen molar-refractivity contribution < 1.29 is 4.42 Å². The van der Waals surface area contributed by atoms with E-state index in [1.165, 1.54) is 6.42 Å². The normalized spacial score (nSPS) is 13.3. The minimum absolute atomic E-state index is 0.484. The highest BCUT2D eigenvalue weighted by molar-refractivity contribution is 5.06. The molecule has 0 saturated carbocycles. The molecule has 16 heavy (non-hydrogen) atoms. The van der Waals surface area contributed by atoms with Gasteiger partial charge in [0.25, 0.3) is 0 Å². The zero-order chi connectivity index (χ0) is 12.0. The molecule has 3 nitrogen and oxygen atoms in total. The van der Waals surface area contributed by atoms with Gasteiger partial charge in [0, 0.05) is 6.54 Å². The second-order valence-electron chi connectivity index (χ2n) is 4.41. The first kappa shape index (κ1) is 13.3. The van der Waals surface area contributed by atoms with Gasteiger partial charge < -0.3 is 10.2 Å². The molecule has 0 bridgehead atoms. The lowest BCUT2D eigenvalue weighted by Gasteiger charge is -2.22. The lowest BCUT2D eigenvalue weighted by molar-refractivity contribution is 0.219. The van der Waals surface area contributed by atoms with E-state index < -0.39 is 0 Å². The molecule has 3 heteroatoms. The van der Waals surface area contributed by atoms with Crippen molar-refractivity contribution in [2.24, 2.45) is 11.7 Å². The maximum absolute atomic E-state index is 5.61. The van der Waals surface area contributed by atoms with E-state index in [-0.39, 0.29) is 0 Å². The van der Waals surface area contributed by atoms with Crippen LogP contribution in [-0.4, -0.2) is 18.0 Å². The van der Waals surface area contributed by atoms with Gasteiger partial charge in [-0.25, -0.2) is 0 Å². The predicted molar refractivity (Wildman–Crippen MR) is 67.0 cm³/mol. The first-order valence-electron chi connectivity index (χ1n) is 6.19. The van der Waals surface area contributed by atoms with Crippen LogP contribution in [0, 0.1) is 5.92 Å². The van der Waals surface area contributed by atoms with Gasteiger partial charge in [-0.2, -0.15) is 0 Å². The minimum atomic E-state index is 0.484. The van der Waals surface area contributed by atoms with Crippen LogP contribution < -0.4 is 5.73 Å². The number of nitrogens with zero attached hydrogens (tertiary/aromatic N) is 1. The summed E-state index contributed by atoms with van der Waals surface area (Å²) in [5.41, 5.74) is 5.52. The van der Waals surface area contributed by atoms with E-state index in [1.54, 1.807) is 0 Å². The Morgan fingerprint density at radius 1 is 1.31 bits per heavy atom. The van der Waals surface area contributed by atoms with Crippen LogP contribution in [0.4, 0.5) is 0 Å². The molecule has 0 aliphatic carbocycles. The molecule has 1 unspecified atom stereocenters. The van der Waals surface area contributed by atoms with Crippen molar-refractivity contribution in [3.05, 3.63) is 23.7 Å². The number of hydrogen-bond acceptors (Lipinski definition) is 3. The second-order valence-corrected chi connectivity index (χ2v) is 4.41. The summed E-state index contributed by atoms with van der Waals surface area (Å²) in [5, 5.41) is 0. The zero-order valence-corrected chi connectivity index (χ0v) is 10.7. The summed E-state index contributed by atoms with van der Waals surface area (Å²) in [5.74, 6) is 2.63. The summed E-state index contributed by atoms with van der Waals surface area (Å²) in [6, 6.07) is 3.99. The molecular weight excluding hydrogens is 200 g/mol. The smallest absolute Gasteiger partial charge is 0.118 e. The fraction of sp³-hybridized carbons (Fsp3) is 0.692. The maximum Gasteiger partial charge on any atom is 0.118 e. The quantitative estimate of drug-likeness (QED) is 0.774. The highest BCUT2D eigenvalue weighted by Crippen LogP contribution is 2.12. The molecule has 0 saturated heterocycles. The summed E-state index contributed by atoms with van der Waals surface area (Å²) in [7, 11) is 0. The molecule has 0 aromatic carbocycles. The molecule has 0 fully saturated rings. The Labute approximate surface area is 98.6 Å². The van der Waals surface area contributed by atoms with Crippen LogP contribution in [0.15, 0.2) is 16.5 Å². The maximum atomic E-state index is 5.61. The fourth-order valence-corrected chi connectivity index (χ4v) is 1.71. The lowest BCUT2D eigenvalue weighted by atomic mass is 10.1. The molecule has 92 valence electrons. The van der Waals surface area contributed by atoms with E-state index in [2.05, 4.69) is 25.7 Å². The van der Waals surface area contributed by atoms with E-state index in [1.807, 2.05) is 12.1 Å². The Bertz CT molecular complexity index is 296. The molecule has 1 atom stereocenters. The van der Waals surface area contributed by atoms with Crippen LogP contribution in [0.3, 0.4) is 0 Å². The summed E-state index contributed by atoms with van der Waals surface area (Å²) in [6.07, 6.45) is 1.22. The van der Waals surface area contributed by atoms with Crippen molar-refractivity contribution in [1.29, 1.82) is 0 Å². The van der Waals surface area contributed by atoms with Crippen molar-refractivity contribution in [3.63, 3.8) is 0 Å². The van der Waals surface area contributed by atoms with Crippen LogP contribution in [0.1, 0.15) is 38.7 Å². The molecule has 1 aromatic rings. The largest absolute Gasteiger partial charge is 0.463 e. The van der Waals surface area contributed by atoms with Gasteiger partial charge in [-0.3, -0.25) is 4.90 Å². The number of hydrogen-bond donors (Lipinski definition) is 1.